The number of H-pyrrole nitrogens is 1. The van der Waals surface area contributed by atoms with E-state index in [0.717, 1.165) is 5.92 Å². The topological polar surface area (TPSA) is 15.8 Å². The molecule has 1 aromatic carbocycles. The molecule has 1 heterocycles. The molecule has 0 saturated heterocycles. The van der Waals surface area contributed by atoms with Crippen molar-refractivity contribution in [3.05, 3.63) is 47.7 Å². The van der Waals surface area contributed by atoms with Gasteiger partial charge in [0.25, 0.3) is 0 Å². The molecule has 23 heavy (non-hydrogen) atoms. The zero-order valence-corrected chi connectivity index (χ0v) is 14.0. The first kappa shape index (κ1) is 13.7. The van der Waals surface area contributed by atoms with Crippen molar-refractivity contribution < 1.29 is 0 Å². The van der Waals surface area contributed by atoms with Crippen molar-refractivity contribution in [3.63, 3.8) is 0 Å². The van der Waals surface area contributed by atoms with Crippen LogP contribution in [0.2, 0.25) is 0 Å². The average molecular weight is 303 g/mol. The van der Waals surface area contributed by atoms with E-state index < -0.39 is 0 Å². The molecule has 0 aromatic heterocycles. The summed E-state index contributed by atoms with van der Waals surface area (Å²) in [5.74, 6) is 0.902. The maximum atomic E-state index is 3.63. The van der Waals surface area contributed by atoms with Crippen molar-refractivity contribution in [1.29, 1.82) is 0 Å². The van der Waals surface area contributed by atoms with Crippen LogP contribution in [0.3, 0.4) is 0 Å². The minimum Gasteiger partial charge on any atom is -0.361 e. The number of nitrogens with one attached hydrogen (secondary N) is 1. The quantitative estimate of drug-likeness (QED) is 0.580. The van der Waals surface area contributed by atoms with Gasteiger partial charge in [-0.1, -0.05) is 43.5 Å². The molecular weight excluding hydrogens is 278 g/mol. The summed E-state index contributed by atoms with van der Waals surface area (Å²) in [7, 11) is 0. The van der Waals surface area contributed by atoms with Gasteiger partial charge in [-0.2, -0.15) is 0 Å². The Hall–Kier alpha value is -1.76. The van der Waals surface area contributed by atoms with Crippen LogP contribution in [0.1, 0.15) is 56.1 Å². The number of rotatable bonds is 2. The Labute approximate surface area is 138 Å². The molecule has 4 aliphatic rings. The van der Waals surface area contributed by atoms with Gasteiger partial charge in [-0.05, 0) is 66.5 Å². The number of aromatic nitrogens is 1. The maximum Gasteiger partial charge on any atom is 0.0504 e. The van der Waals surface area contributed by atoms with E-state index in [4.69, 9.17) is 0 Å². The van der Waals surface area contributed by atoms with Gasteiger partial charge < -0.3 is 4.98 Å². The second-order valence-electron chi connectivity index (χ2n) is 7.82. The summed E-state index contributed by atoms with van der Waals surface area (Å²) in [4.78, 5) is 3.63. The SMILES string of the molecule is Cc1cccc2c(C3(C4CCCC4)CCC3)c3[nH]cccc-3c12. The third kappa shape index (κ3) is 1.74. The monoisotopic (exact) mass is 303 g/mol. The zero-order chi connectivity index (χ0) is 15.4. The van der Waals surface area contributed by atoms with Gasteiger partial charge in [0.05, 0.1) is 5.69 Å². The maximum absolute atomic E-state index is 3.63. The fraction of sp³-hybridized carbons (Fsp3) is 0.455. The Balaban J connectivity index is 1.84. The lowest BCUT2D eigenvalue weighted by atomic mass is 9.56. The van der Waals surface area contributed by atoms with E-state index >= 15 is 0 Å². The molecule has 0 spiro atoms. The Morgan fingerprint density at radius 1 is 1.00 bits per heavy atom. The van der Waals surface area contributed by atoms with E-state index in [1.165, 1.54) is 72.5 Å². The lowest BCUT2D eigenvalue weighted by molar-refractivity contribution is 0.150. The van der Waals surface area contributed by atoms with Crippen LogP contribution >= 0.6 is 0 Å². The standard InChI is InChI=1S/C22H25N/c1-15-7-4-10-17-19(15)18-11-5-14-23-21(18)20(17)22(12-6-13-22)16-8-2-3-9-16/h4-5,7,10-11,14,16,23H,2-3,6,8-9,12-13H2,1H3. The number of hydrogen-bond acceptors (Lipinski definition) is 0. The van der Waals surface area contributed by atoms with Crippen LogP contribution in [0.4, 0.5) is 0 Å². The number of pyridine rings is 1. The van der Waals surface area contributed by atoms with Crippen LogP contribution in [0.5, 0.6) is 0 Å². The molecule has 2 fully saturated rings. The van der Waals surface area contributed by atoms with Gasteiger partial charge in [-0.3, -0.25) is 0 Å². The minimum atomic E-state index is 0.447. The van der Waals surface area contributed by atoms with Crippen molar-refractivity contribution in [2.24, 2.45) is 5.92 Å². The van der Waals surface area contributed by atoms with Crippen LogP contribution in [0.25, 0.3) is 22.0 Å². The van der Waals surface area contributed by atoms with E-state index in [-0.39, 0.29) is 0 Å². The summed E-state index contributed by atoms with van der Waals surface area (Å²) >= 11 is 0. The Morgan fingerprint density at radius 3 is 2.57 bits per heavy atom. The van der Waals surface area contributed by atoms with Crippen molar-refractivity contribution in [2.75, 3.05) is 0 Å². The molecule has 0 unspecified atom stereocenters. The van der Waals surface area contributed by atoms with Gasteiger partial charge in [0.1, 0.15) is 0 Å². The van der Waals surface area contributed by atoms with Crippen molar-refractivity contribution in [3.8, 4) is 11.3 Å². The molecule has 118 valence electrons. The van der Waals surface area contributed by atoms with Crippen LogP contribution in [-0.4, -0.2) is 4.98 Å². The predicted octanol–water partition coefficient (Wildman–Crippen LogP) is 6.19. The fourth-order valence-electron chi connectivity index (χ4n) is 5.64. The summed E-state index contributed by atoms with van der Waals surface area (Å²) in [6, 6.07) is 11.4. The summed E-state index contributed by atoms with van der Waals surface area (Å²) in [5, 5.41) is 3.01. The first-order valence-corrected chi connectivity index (χ1v) is 9.30. The molecular formula is C22H25N. The summed E-state index contributed by atoms with van der Waals surface area (Å²) in [6.07, 6.45) is 12.0. The first-order valence-electron chi connectivity index (χ1n) is 9.30. The first-order chi connectivity index (χ1) is 11.3. The minimum absolute atomic E-state index is 0.447. The predicted molar refractivity (Wildman–Crippen MR) is 97.1 cm³/mol. The average Bonchev–Trinajstić information content (AvgIpc) is 3.15. The van der Waals surface area contributed by atoms with Crippen LogP contribution in [0.15, 0.2) is 36.5 Å². The number of aromatic amines is 1. The van der Waals surface area contributed by atoms with Gasteiger partial charge in [0.2, 0.25) is 0 Å². The second kappa shape index (κ2) is 4.87. The van der Waals surface area contributed by atoms with E-state index in [1.807, 2.05) is 0 Å². The van der Waals surface area contributed by atoms with Crippen molar-refractivity contribution in [2.45, 2.75) is 57.3 Å². The van der Waals surface area contributed by atoms with Gasteiger partial charge in [-0.25, -0.2) is 0 Å². The van der Waals surface area contributed by atoms with Crippen LogP contribution in [0, 0.1) is 12.8 Å². The lowest BCUT2D eigenvalue weighted by Crippen LogP contribution is -2.41. The number of aryl methyl sites for hydroxylation is 1. The molecule has 0 atom stereocenters. The fourth-order valence-corrected chi connectivity index (χ4v) is 5.64. The van der Waals surface area contributed by atoms with E-state index in [1.54, 1.807) is 5.56 Å². The van der Waals surface area contributed by atoms with E-state index in [2.05, 4.69) is 48.4 Å². The largest absolute Gasteiger partial charge is 0.361 e. The summed E-state index contributed by atoms with van der Waals surface area (Å²) in [6.45, 7) is 2.27. The highest BCUT2D eigenvalue weighted by Crippen LogP contribution is 2.59. The number of hydrogen-bond donors (Lipinski definition) is 1. The summed E-state index contributed by atoms with van der Waals surface area (Å²) < 4.78 is 0. The van der Waals surface area contributed by atoms with Crippen molar-refractivity contribution >= 4 is 10.8 Å². The Bertz CT molecular complexity index is 830. The third-order valence-corrected chi connectivity index (χ3v) is 6.80. The smallest absolute Gasteiger partial charge is 0.0504 e. The molecule has 1 nitrogen and oxygen atoms in total. The van der Waals surface area contributed by atoms with Gasteiger partial charge in [0, 0.05) is 17.2 Å². The second-order valence-corrected chi connectivity index (χ2v) is 7.82. The van der Waals surface area contributed by atoms with Gasteiger partial charge >= 0.3 is 0 Å². The highest BCUT2D eigenvalue weighted by atomic mass is 14.7. The molecule has 2 saturated carbocycles. The zero-order valence-electron chi connectivity index (χ0n) is 14.0. The Kier molecular flexibility index (Phi) is 2.89. The van der Waals surface area contributed by atoms with Gasteiger partial charge in [0.15, 0.2) is 0 Å². The molecule has 1 aliphatic heterocycles. The normalized spacial score (nSPS) is 21.1. The molecule has 0 amide bonds. The number of fused-ring (bicyclic) bond motifs is 3. The van der Waals surface area contributed by atoms with Crippen molar-refractivity contribution in [1.82, 2.24) is 4.98 Å². The third-order valence-electron chi connectivity index (χ3n) is 6.80. The van der Waals surface area contributed by atoms with Crippen LogP contribution < -0.4 is 0 Å². The van der Waals surface area contributed by atoms with E-state index in [9.17, 15) is 0 Å². The molecule has 0 radical (unpaired) electrons. The number of benzene rings is 1. The molecule has 5 rings (SSSR count). The molecule has 1 aromatic rings. The summed E-state index contributed by atoms with van der Waals surface area (Å²) in [5.41, 5.74) is 6.37. The molecule has 0 bridgehead atoms. The van der Waals surface area contributed by atoms with E-state index in [0.29, 0.717) is 5.41 Å². The highest BCUT2D eigenvalue weighted by Gasteiger charge is 2.49. The molecule has 1 heteroatoms. The Morgan fingerprint density at radius 2 is 1.83 bits per heavy atom. The van der Waals surface area contributed by atoms with Gasteiger partial charge in [-0.15, -0.1) is 0 Å². The molecule has 1 N–H and O–H groups in total. The van der Waals surface area contributed by atoms with Crippen LogP contribution in [-0.2, 0) is 5.41 Å². The highest BCUT2D eigenvalue weighted by molar-refractivity contribution is 6.07. The lowest BCUT2D eigenvalue weighted by Gasteiger charge is -2.48. The molecule has 3 aliphatic carbocycles.